The van der Waals surface area contributed by atoms with Crippen LogP contribution in [0.3, 0.4) is 0 Å². The van der Waals surface area contributed by atoms with Crippen molar-refractivity contribution in [2.24, 2.45) is 5.92 Å². The topological polar surface area (TPSA) is 12.0 Å². The highest BCUT2D eigenvalue weighted by Crippen LogP contribution is 2.23. The third-order valence-electron chi connectivity index (χ3n) is 2.91. The van der Waals surface area contributed by atoms with Gasteiger partial charge in [0.05, 0.1) is 0 Å². The Bertz CT molecular complexity index is 130. The molecular weight excluding hydrogens is 226 g/mol. The zero-order valence-corrected chi connectivity index (χ0v) is 10.4. The minimum atomic E-state index is 0.638. The summed E-state index contributed by atoms with van der Waals surface area (Å²) in [6.45, 7) is 5.74. The molecular formula is C11H22BrN. The van der Waals surface area contributed by atoms with Crippen LogP contribution in [-0.4, -0.2) is 17.4 Å². The van der Waals surface area contributed by atoms with Gasteiger partial charge in [0.15, 0.2) is 0 Å². The highest BCUT2D eigenvalue weighted by molar-refractivity contribution is 9.09. The molecule has 0 radical (unpaired) electrons. The van der Waals surface area contributed by atoms with Gasteiger partial charge in [0.25, 0.3) is 0 Å². The van der Waals surface area contributed by atoms with E-state index < -0.39 is 0 Å². The van der Waals surface area contributed by atoms with Crippen LogP contribution in [-0.2, 0) is 0 Å². The summed E-state index contributed by atoms with van der Waals surface area (Å²) in [5.41, 5.74) is 0. The molecule has 13 heavy (non-hydrogen) atoms. The second kappa shape index (κ2) is 6.02. The zero-order valence-electron chi connectivity index (χ0n) is 8.85. The zero-order chi connectivity index (χ0) is 9.68. The second-order valence-corrected chi connectivity index (χ2v) is 6.04. The first kappa shape index (κ1) is 11.5. The Morgan fingerprint density at radius 2 is 1.92 bits per heavy atom. The number of halogens is 1. The Kier molecular flexibility index (Phi) is 5.34. The molecule has 0 aromatic carbocycles. The number of hydrogen-bond acceptors (Lipinski definition) is 1. The molecule has 0 aliphatic heterocycles. The van der Waals surface area contributed by atoms with Gasteiger partial charge < -0.3 is 5.32 Å². The van der Waals surface area contributed by atoms with Crippen LogP contribution in [0.25, 0.3) is 0 Å². The van der Waals surface area contributed by atoms with Crippen molar-refractivity contribution in [3.05, 3.63) is 0 Å². The van der Waals surface area contributed by atoms with E-state index in [1.807, 2.05) is 0 Å². The Balaban J connectivity index is 2.03. The van der Waals surface area contributed by atoms with Gasteiger partial charge in [0.1, 0.15) is 0 Å². The smallest absolute Gasteiger partial charge is 0.0132 e. The summed E-state index contributed by atoms with van der Waals surface area (Å²) < 4.78 is 0. The van der Waals surface area contributed by atoms with E-state index in [9.17, 15) is 0 Å². The maximum atomic E-state index is 3.63. The summed E-state index contributed by atoms with van der Waals surface area (Å²) in [6, 6.07) is 0.662. The molecule has 1 rings (SSSR count). The minimum absolute atomic E-state index is 0.638. The second-order valence-electron chi connectivity index (χ2n) is 4.48. The summed E-state index contributed by atoms with van der Waals surface area (Å²) in [5, 5.41) is 3.63. The average Bonchev–Trinajstić information content (AvgIpc) is 2.51. The molecule has 1 aliphatic rings. The van der Waals surface area contributed by atoms with Crippen LogP contribution in [0.15, 0.2) is 0 Å². The van der Waals surface area contributed by atoms with Gasteiger partial charge in [-0.2, -0.15) is 0 Å². The molecule has 0 saturated heterocycles. The fraction of sp³-hybridized carbons (Fsp3) is 1.00. The van der Waals surface area contributed by atoms with Gasteiger partial charge in [-0.25, -0.2) is 0 Å². The summed E-state index contributed by atoms with van der Waals surface area (Å²) in [5.74, 6) is 0.966. The van der Waals surface area contributed by atoms with Gasteiger partial charge in [0, 0.05) is 10.9 Å². The molecule has 2 heteroatoms. The Morgan fingerprint density at radius 3 is 2.46 bits per heavy atom. The van der Waals surface area contributed by atoms with E-state index in [0.29, 0.717) is 10.9 Å². The summed E-state index contributed by atoms with van der Waals surface area (Å²) in [4.78, 5) is 0.638. The van der Waals surface area contributed by atoms with E-state index >= 15 is 0 Å². The third-order valence-corrected chi connectivity index (χ3v) is 3.28. The van der Waals surface area contributed by atoms with E-state index in [1.54, 1.807) is 0 Å². The number of hydrogen-bond donors (Lipinski definition) is 1. The molecule has 1 N–H and O–H groups in total. The van der Waals surface area contributed by atoms with E-state index in [4.69, 9.17) is 0 Å². The van der Waals surface area contributed by atoms with Gasteiger partial charge in [-0.05, 0) is 38.6 Å². The van der Waals surface area contributed by atoms with Crippen LogP contribution in [0.2, 0.25) is 0 Å². The molecule has 2 unspecified atom stereocenters. The van der Waals surface area contributed by atoms with Gasteiger partial charge in [-0.1, -0.05) is 35.7 Å². The molecule has 0 aromatic rings. The highest BCUT2D eigenvalue weighted by Gasteiger charge is 2.15. The van der Waals surface area contributed by atoms with Crippen molar-refractivity contribution < 1.29 is 0 Å². The number of alkyl halides is 1. The van der Waals surface area contributed by atoms with E-state index in [1.165, 1.54) is 38.6 Å². The van der Waals surface area contributed by atoms with Gasteiger partial charge in [0.2, 0.25) is 0 Å². The first-order valence-electron chi connectivity index (χ1n) is 5.56. The van der Waals surface area contributed by atoms with Crippen molar-refractivity contribution in [1.29, 1.82) is 0 Å². The molecule has 0 aromatic heterocycles. The van der Waals surface area contributed by atoms with Crippen molar-refractivity contribution in [1.82, 2.24) is 5.32 Å². The van der Waals surface area contributed by atoms with Gasteiger partial charge in [-0.3, -0.25) is 0 Å². The Morgan fingerprint density at radius 1 is 1.31 bits per heavy atom. The lowest BCUT2D eigenvalue weighted by Crippen LogP contribution is -2.31. The Hall–Kier alpha value is 0.440. The summed E-state index contributed by atoms with van der Waals surface area (Å²) >= 11 is 3.59. The maximum absolute atomic E-state index is 3.63. The summed E-state index contributed by atoms with van der Waals surface area (Å²) in [6.07, 6.45) is 7.03. The van der Waals surface area contributed by atoms with E-state index in [2.05, 4.69) is 35.1 Å². The van der Waals surface area contributed by atoms with Gasteiger partial charge in [-0.15, -0.1) is 0 Å². The first-order valence-corrected chi connectivity index (χ1v) is 6.47. The third kappa shape index (κ3) is 5.02. The highest BCUT2D eigenvalue weighted by atomic mass is 79.9. The molecule has 1 fully saturated rings. The molecule has 0 heterocycles. The fourth-order valence-electron chi connectivity index (χ4n) is 2.15. The molecule has 1 nitrogen and oxygen atoms in total. The SMILES string of the molecule is CC(Br)CC(C)NCC1CCCC1. The number of rotatable bonds is 5. The molecule has 0 spiro atoms. The predicted octanol–water partition coefficient (Wildman–Crippen LogP) is 3.33. The van der Waals surface area contributed by atoms with Crippen LogP contribution in [0.1, 0.15) is 46.0 Å². The lowest BCUT2D eigenvalue weighted by Gasteiger charge is -2.17. The standard InChI is InChI=1S/C11H22BrN/c1-9(12)7-10(2)13-8-11-5-3-4-6-11/h9-11,13H,3-8H2,1-2H3. The maximum Gasteiger partial charge on any atom is 0.0132 e. The molecule has 2 atom stereocenters. The predicted molar refractivity (Wildman–Crippen MR) is 62.4 cm³/mol. The fourth-order valence-corrected chi connectivity index (χ4v) is 2.71. The largest absolute Gasteiger partial charge is 0.314 e. The normalized spacial score (nSPS) is 23.3. The molecule has 0 amide bonds. The minimum Gasteiger partial charge on any atom is -0.314 e. The average molecular weight is 248 g/mol. The van der Waals surface area contributed by atoms with Crippen LogP contribution in [0.5, 0.6) is 0 Å². The van der Waals surface area contributed by atoms with Crippen LogP contribution in [0.4, 0.5) is 0 Å². The molecule has 1 saturated carbocycles. The van der Waals surface area contributed by atoms with Gasteiger partial charge >= 0.3 is 0 Å². The molecule has 78 valence electrons. The lowest BCUT2D eigenvalue weighted by molar-refractivity contribution is 0.432. The quantitative estimate of drug-likeness (QED) is 0.736. The lowest BCUT2D eigenvalue weighted by atomic mass is 10.1. The molecule has 1 aliphatic carbocycles. The van der Waals surface area contributed by atoms with E-state index in [0.717, 1.165) is 5.92 Å². The van der Waals surface area contributed by atoms with Crippen LogP contribution in [0, 0.1) is 5.92 Å². The van der Waals surface area contributed by atoms with Crippen LogP contribution >= 0.6 is 15.9 Å². The van der Waals surface area contributed by atoms with Crippen LogP contribution < -0.4 is 5.32 Å². The van der Waals surface area contributed by atoms with Crippen molar-refractivity contribution in [3.8, 4) is 0 Å². The van der Waals surface area contributed by atoms with E-state index in [-0.39, 0.29) is 0 Å². The van der Waals surface area contributed by atoms with Crippen molar-refractivity contribution in [2.45, 2.75) is 56.8 Å². The van der Waals surface area contributed by atoms with Crippen molar-refractivity contribution in [3.63, 3.8) is 0 Å². The monoisotopic (exact) mass is 247 g/mol. The van der Waals surface area contributed by atoms with Crippen molar-refractivity contribution >= 4 is 15.9 Å². The molecule has 0 bridgehead atoms. The summed E-state index contributed by atoms with van der Waals surface area (Å²) in [7, 11) is 0. The first-order chi connectivity index (χ1) is 6.18. The number of nitrogens with one attached hydrogen (secondary N) is 1. The van der Waals surface area contributed by atoms with Crippen molar-refractivity contribution in [2.75, 3.05) is 6.54 Å². The Labute approximate surface area is 90.8 Å².